The molecule has 0 radical (unpaired) electrons. The predicted octanol–water partition coefficient (Wildman–Crippen LogP) is 5.50. The van der Waals surface area contributed by atoms with Gasteiger partial charge in [-0.15, -0.1) is 0 Å². The van der Waals surface area contributed by atoms with E-state index < -0.39 is 0 Å². The Labute approximate surface area is 173 Å². The van der Waals surface area contributed by atoms with Crippen molar-refractivity contribution in [2.24, 2.45) is 0 Å². The SMILES string of the molecule is Cc1ccccc1[C@@H](NC(=O)c1ccc(N2CCCCC2)cc1)c1ccccc1. The van der Waals surface area contributed by atoms with Crippen LogP contribution in [0.5, 0.6) is 0 Å². The highest BCUT2D eigenvalue weighted by Gasteiger charge is 2.19. The summed E-state index contributed by atoms with van der Waals surface area (Å²) in [5.74, 6) is -0.0488. The summed E-state index contributed by atoms with van der Waals surface area (Å²) in [6.45, 7) is 4.30. The number of nitrogens with zero attached hydrogens (tertiary/aromatic N) is 1. The largest absolute Gasteiger partial charge is 0.372 e. The molecule has 3 aromatic rings. The first-order valence-electron chi connectivity index (χ1n) is 10.5. The van der Waals surface area contributed by atoms with E-state index in [9.17, 15) is 4.79 Å². The van der Waals surface area contributed by atoms with Gasteiger partial charge in [0.1, 0.15) is 0 Å². The van der Waals surface area contributed by atoms with E-state index in [1.807, 2.05) is 42.5 Å². The molecule has 0 bridgehead atoms. The van der Waals surface area contributed by atoms with Crippen LogP contribution >= 0.6 is 0 Å². The van der Waals surface area contributed by atoms with Crippen molar-refractivity contribution in [2.45, 2.75) is 32.2 Å². The van der Waals surface area contributed by atoms with Gasteiger partial charge < -0.3 is 10.2 Å². The number of carbonyl (C=O) groups is 1. The molecule has 148 valence electrons. The minimum atomic E-state index is -0.174. The molecule has 29 heavy (non-hydrogen) atoms. The normalized spacial score (nSPS) is 15.0. The van der Waals surface area contributed by atoms with Crippen LogP contribution in [-0.4, -0.2) is 19.0 Å². The van der Waals surface area contributed by atoms with E-state index in [2.05, 4.69) is 53.5 Å². The summed E-state index contributed by atoms with van der Waals surface area (Å²) in [5.41, 5.74) is 5.28. The van der Waals surface area contributed by atoms with Gasteiger partial charge in [0.25, 0.3) is 5.91 Å². The first kappa shape index (κ1) is 19.3. The molecular weight excluding hydrogens is 356 g/mol. The third kappa shape index (κ3) is 4.51. The summed E-state index contributed by atoms with van der Waals surface area (Å²) in [4.78, 5) is 15.5. The van der Waals surface area contributed by atoms with Gasteiger partial charge in [0.05, 0.1) is 6.04 Å². The zero-order valence-corrected chi connectivity index (χ0v) is 17.0. The van der Waals surface area contributed by atoms with Crippen LogP contribution in [0, 0.1) is 6.92 Å². The fraction of sp³-hybridized carbons (Fsp3) is 0.269. The number of rotatable bonds is 5. The van der Waals surface area contributed by atoms with E-state index in [-0.39, 0.29) is 11.9 Å². The zero-order valence-electron chi connectivity index (χ0n) is 17.0. The van der Waals surface area contributed by atoms with E-state index in [4.69, 9.17) is 0 Å². The fourth-order valence-corrected chi connectivity index (χ4v) is 4.09. The van der Waals surface area contributed by atoms with Gasteiger partial charge in [-0.2, -0.15) is 0 Å². The molecule has 0 aromatic heterocycles. The molecule has 0 aliphatic carbocycles. The van der Waals surface area contributed by atoms with Crippen molar-refractivity contribution in [1.29, 1.82) is 0 Å². The van der Waals surface area contributed by atoms with Crippen LogP contribution in [0.1, 0.15) is 52.4 Å². The smallest absolute Gasteiger partial charge is 0.252 e. The van der Waals surface area contributed by atoms with Gasteiger partial charge in [-0.1, -0.05) is 54.6 Å². The van der Waals surface area contributed by atoms with Gasteiger partial charge in [-0.3, -0.25) is 4.79 Å². The number of aryl methyl sites for hydroxylation is 1. The van der Waals surface area contributed by atoms with Crippen molar-refractivity contribution < 1.29 is 4.79 Å². The zero-order chi connectivity index (χ0) is 20.1. The Morgan fingerprint density at radius 2 is 1.48 bits per heavy atom. The van der Waals surface area contributed by atoms with Crippen molar-refractivity contribution in [1.82, 2.24) is 5.32 Å². The van der Waals surface area contributed by atoms with Gasteiger partial charge in [0.15, 0.2) is 0 Å². The Morgan fingerprint density at radius 1 is 0.828 bits per heavy atom. The summed E-state index contributed by atoms with van der Waals surface area (Å²) in [6.07, 6.45) is 3.81. The number of nitrogens with one attached hydrogen (secondary N) is 1. The number of benzene rings is 3. The van der Waals surface area contributed by atoms with Crippen LogP contribution in [0.25, 0.3) is 0 Å². The van der Waals surface area contributed by atoms with Crippen LogP contribution in [0.15, 0.2) is 78.9 Å². The molecule has 4 rings (SSSR count). The van der Waals surface area contributed by atoms with Gasteiger partial charge >= 0.3 is 0 Å². The van der Waals surface area contributed by atoms with Crippen molar-refractivity contribution in [2.75, 3.05) is 18.0 Å². The molecule has 0 unspecified atom stereocenters. The number of amides is 1. The highest BCUT2D eigenvalue weighted by atomic mass is 16.1. The van der Waals surface area contributed by atoms with Crippen molar-refractivity contribution in [3.8, 4) is 0 Å². The summed E-state index contributed by atoms with van der Waals surface area (Å²) >= 11 is 0. The fourth-order valence-electron chi connectivity index (χ4n) is 4.09. The topological polar surface area (TPSA) is 32.3 Å². The number of anilines is 1. The molecule has 0 saturated carbocycles. The molecule has 1 fully saturated rings. The lowest BCUT2D eigenvalue weighted by atomic mass is 9.94. The van der Waals surface area contributed by atoms with Gasteiger partial charge in [0.2, 0.25) is 0 Å². The summed E-state index contributed by atoms with van der Waals surface area (Å²) in [6, 6.07) is 26.3. The Morgan fingerprint density at radius 3 is 2.17 bits per heavy atom. The van der Waals surface area contributed by atoms with Gasteiger partial charge in [-0.25, -0.2) is 0 Å². The minimum Gasteiger partial charge on any atom is -0.372 e. The summed E-state index contributed by atoms with van der Waals surface area (Å²) < 4.78 is 0. The number of hydrogen-bond donors (Lipinski definition) is 1. The van der Waals surface area contributed by atoms with E-state index in [0.29, 0.717) is 5.56 Å². The Balaban J connectivity index is 1.56. The highest BCUT2D eigenvalue weighted by molar-refractivity contribution is 5.95. The molecule has 1 N–H and O–H groups in total. The van der Waals surface area contributed by atoms with Crippen LogP contribution in [0.3, 0.4) is 0 Å². The number of hydrogen-bond acceptors (Lipinski definition) is 2. The molecule has 0 spiro atoms. The summed E-state index contributed by atoms with van der Waals surface area (Å²) in [7, 11) is 0. The summed E-state index contributed by atoms with van der Waals surface area (Å²) in [5, 5.41) is 3.25. The standard InChI is InChI=1S/C26H28N2O/c1-20-10-6-7-13-24(20)25(21-11-4-2-5-12-21)27-26(29)22-14-16-23(17-15-22)28-18-8-3-9-19-28/h2,4-7,10-17,25H,3,8-9,18-19H2,1H3,(H,27,29)/t25-/m0/s1. The van der Waals surface area contributed by atoms with Crippen molar-refractivity contribution >= 4 is 11.6 Å². The Hall–Kier alpha value is -3.07. The van der Waals surface area contributed by atoms with E-state index in [0.717, 1.165) is 24.2 Å². The average Bonchev–Trinajstić information content (AvgIpc) is 2.79. The lowest BCUT2D eigenvalue weighted by molar-refractivity contribution is 0.0943. The third-order valence-corrected chi connectivity index (χ3v) is 5.76. The van der Waals surface area contributed by atoms with Crippen LogP contribution in [0.2, 0.25) is 0 Å². The lowest BCUT2D eigenvalue weighted by Gasteiger charge is -2.29. The molecule has 1 aliphatic rings. The highest BCUT2D eigenvalue weighted by Crippen LogP contribution is 2.26. The second-order valence-electron chi connectivity index (χ2n) is 7.77. The molecule has 1 atom stereocenters. The Kier molecular flexibility index (Phi) is 5.95. The number of carbonyl (C=O) groups excluding carboxylic acids is 1. The molecule has 1 saturated heterocycles. The number of piperidine rings is 1. The van der Waals surface area contributed by atoms with Crippen LogP contribution in [0.4, 0.5) is 5.69 Å². The van der Waals surface area contributed by atoms with Gasteiger partial charge in [0, 0.05) is 24.3 Å². The molecular formula is C26H28N2O. The Bertz CT molecular complexity index is 944. The van der Waals surface area contributed by atoms with Crippen molar-refractivity contribution in [3.05, 3.63) is 101 Å². The third-order valence-electron chi connectivity index (χ3n) is 5.76. The van der Waals surface area contributed by atoms with E-state index in [1.54, 1.807) is 0 Å². The van der Waals surface area contributed by atoms with Crippen molar-refractivity contribution in [3.63, 3.8) is 0 Å². The monoisotopic (exact) mass is 384 g/mol. The predicted molar refractivity (Wildman–Crippen MR) is 119 cm³/mol. The second-order valence-corrected chi connectivity index (χ2v) is 7.77. The minimum absolute atomic E-state index is 0.0488. The maximum absolute atomic E-state index is 13.1. The molecule has 3 aromatic carbocycles. The first-order chi connectivity index (χ1) is 14.2. The van der Waals surface area contributed by atoms with Crippen LogP contribution in [-0.2, 0) is 0 Å². The van der Waals surface area contributed by atoms with E-state index in [1.165, 1.54) is 30.5 Å². The molecule has 1 aliphatic heterocycles. The molecule has 1 heterocycles. The van der Waals surface area contributed by atoms with Gasteiger partial charge in [-0.05, 0) is 67.1 Å². The average molecular weight is 385 g/mol. The van der Waals surface area contributed by atoms with Crippen LogP contribution < -0.4 is 10.2 Å². The first-order valence-corrected chi connectivity index (χ1v) is 10.5. The quantitative estimate of drug-likeness (QED) is 0.629. The second kappa shape index (κ2) is 8.95. The maximum Gasteiger partial charge on any atom is 0.252 e. The lowest BCUT2D eigenvalue weighted by Crippen LogP contribution is -2.30. The molecule has 1 amide bonds. The maximum atomic E-state index is 13.1. The van der Waals surface area contributed by atoms with E-state index >= 15 is 0 Å². The molecule has 3 nitrogen and oxygen atoms in total. The molecule has 3 heteroatoms.